The maximum atomic E-state index is 4.21. The van der Waals surface area contributed by atoms with Crippen molar-refractivity contribution in [2.45, 2.75) is 20.4 Å². The van der Waals surface area contributed by atoms with Crippen LogP contribution in [0.3, 0.4) is 0 Å². The highest BCUT2D eigenvalue weighted by Crippen LogP contribution is 2.23. The van der Waals surface area contributed by atoms with Gasteiger partial charge in [-0.1, -0.05) is 12.1 Å². The molecular formula is C15H16N4. The first-order valence-corrected chi connectivity index (χ1v) is 6.33. The number of aromatic nitrogens is 3. The molecule has 0 aliphatic carbocycles. The van der Waals surface area contributed by atoms with E-state index in [1.165, 1.54) is 10.9 Å². The largest absolute Gasteiger partial charge is 0.380 e. The summed E-state index contributed by atoms with van der Waals surface area (Å²) in [7, 11) is 0. The summed E-state index contributed by atoms with van der Waals surface area (Å²) in [5, 5.41) is 13.0. The van der Waals surface area contributed by atoms with Crippen LogP contribution in [0.25, 0.3) is 10.8 Å². The highest BCUT2D eigenvalue weighted by atomic mass is 15.1. The van der Waals surface area contributed by atoms with Gasteiger partial charge >= 0.3 is 0 Å². The molecule has 0 amide bonds. The second-order valence-electron chi connectivity index (χ2n) is 4.67. The Morgan fingerprint density at radius 2 is 2.11 bits per heavy atom. The fourth-order valence-corrected chi connectivity index (χ4v) is 2.29. The van der Waals surface area contributed by atoms with Crippen LogP contribution in [0.4, 0.5) is 5.69 Å². The lowest BCUT2D eigenvalue weighted by molar-refractivity contribution is 1.02. The third-order valence-electron chi connectivity index (χ3n) is 3.42. The number of hydrogen-bond donors (Lipinski definition) is 2. The molecule has 3 rings (SSSR count). The van der Waals surface area contributed by atoms with E-state index in [2.05, 4.69) is 38.7 Å². The molecule has 4 nitrogen and oxygen atoms in total. The summed E-state index contributed by atoms with van der Waals surface area (Å²) in [6.45, 7) is 4.83. The van der Waals surface area contributed by atoms with Crippen molar-refractivity contribution in [1.29, 1.82) is 0 Å². The first kappa shape index (κ1) is 11.7. The van der Waals surface area contributed by atoms with Crippen molar-refractivity contribution in [2.75, 3.05) is 5.32 Å². The maximum absolute atomic E-state index is 4.21. The molecule has 96 valence electrons. The van der Waals surface area contributed by atoms with Gasteiger partial charge in [0.25, 0.3) is 0 Å². The summed E-state index contributed by atoms with van der Waals surface area (Å²) in [5.41, 5.74) is 4.48. The fourth-order valence-electron chi connectivity index (χ4n) is 2.29. The Labute approximate surface area is 111 Å². The molecule has 4 heteroatoms. The number of hydrogen-bond acceptors (Lipinski definition) is 3. The van der Waals surface area contributed by atoms with Crippen molar-refractivity contribution < 1.29 is 0 Å². The zero-order chi connectivity index (χ0) is 13.2. The van der Waals surface area contributed by atoms with E-state index < -0.39 is 0 Å². The van der Waals surface area contributed by atoms with Crippen molar-refractivity contribution in [1.82, 2.24) is 15.2 Å². The van der Waals surface area contributed by atoms with Crippen LogP contribution < -0.4 is 5.32 Å². The Balaban J connectivity index is 1.90. The molecular weight excluding hydrogens is 236 g/mol. The molecule has 2 N–H and O–H groups in total. The molecule has 3 aromatic rings. The molecule has 0 aliphatic rings. The van der Waals surface area contributed by atoms with Crippen LogP contribution in [0.1, 0.15) is 17.0 Å². The summed E-state index contributed by atoms with van der Waals surface area (Å²) in [6.07, 6.45) is 3.71. The molecule has 0 atom stereocenters. The summed E-state index contributed by atoms with van der Waals surface area (Å²) in [4.78, 5) is 4.20. The van der Waals surface area contributed by atoms with Gasteiger partial charge in [-0.05, 0) is 31.4 Å². The number of H-pyrrole nitrogens is 1. The minimum Gasteiger partial charge on any atom is -0.380 e. The van der Waals surface area contributed by atoms with Crippen molar-refractivity contribution >= 4 is 16.5 Å². The molecule has 0 saturated heterocycles. The van der Waals surface area contributed by atoms with E-state index in [0.717, 1.165) is 29.0 Å². The van der Waals surface area contributed by atoms with Crippen LogP contribution >= 0.6 is 0 Å². The number of aryl methyl sites for hydroxylation is 2. The molecule has 0 bridgehead atoms. The van der Waals surface area contributed by atoms with Crippen LogP contribution in [0.15, 0.2) is 36.7 Å². The van der Waals surface area contributed by atoms with Gasteiger partial charge < -0.3 is 5.32 Å². The van der Waals surface area contributed by atoms with Crippen LogP contribution in [0.5, 0.6) is 0 Å². The lowest BCUT2D eigenvalue weighted by atomic mass is 10.1. The zero-order valence-electron chi connectivity index (χ0n) is 11.1. The molecule has 2 aromatic heterocycles. The van der Waals surface area contributed by atoms with Crippen LogP contribution in [-0.2, 0) is 6.54 Å². The number of nitrogens with zero attached hydrogens (tertiary/aromatic N) is 2. The van der Waals surface area contributed by atoms with E-state index in [1.807, 2.05) is 32.3 Å². The number of pyridine rings is 1. The second kappa shape index (κ2) is 4.72. The van der Waals surface area contributed by atoms with E-state index in [1.54, 1.807) is 0 Å². The van der Waals surface area contributed by atoms with Gasteiger partial charge in [-0.2, -0.15) is 5.10 Å². The minimum absolute atomic E-state index is 0.766. The third kappa shape index (κ3) is 2.17. The van der Waals surface area contributed by atoms with Gasteiger partial charge in [-0.15, -0.1) is 0 Å². The first-order chi connectivity index (χ1) is 9.25. The Morgan fingerprint density at radius 3 is 2.89 bits per heavy atom. The lowest BCUT2D eigenvalue weighted by Gasteiger charge is -2.09. The fraction of sp³-hybridized carbons (Fsp3) is 0.200. The van der Waals surface area contributed by atoms with Crippen molar-refractivity contribution in [3.8, 4) is 0 Å². The number of aromatic amines is 1. The van der Waals surface area contributed by atoms with E-state index >= 15 is 0 Å². The second-order valence-corrected chi connectivity index (χ2v) is 4.67. The molecule has 1 aromatic carbocycles. The Hall–Kier alpha value is -2.36. The van der Waals surface area contributed by atoms with Crippen LogP contribution in [-0.4, -0.2) is 15.2 Å². The molecule has 0 radical (unpaired) electrons. The van der Waals surface area contributed by atoms with E-state index in [9.17, 15) is 0 Å². The predicted molar refractivity (Wildman–Crippen MR) is 77.1 cm³/mol. The average Bonchev–Trinajstić information content (AvgIpc) is 2.76. The topological polar surface area (TPSA) is 53.6 Å². The predicted octanol–water partition coefficient (Wildman–Crippen LogP) is 3.19. The molecule has 2 heterocycles. The van der Waals surface area contributed by atoms with Gasteiger partial charge in [0.2, 0.25) is 0 Å². The van der Waals surface area contributed by atoms with Gasteiger partial charge in [0.05, 0.1) is 5.69 Å². The molecule has 0 saturated carbocycles. The van der Waals surface area contributed by atoms with Gasteiger partial charge in [-0.25, -0.2) is 0 Å². The SMILES string of the molecule is Cc1n[nH]c(C)c1CNc1cccc2ccncc12. The molecule has 0 spiro atoms. The maximum Gasteiger partial charge on any atom is 0.0643 e. The van der Waals surface area contributed by atoms with Crippen molar-refractivity contribution in [2.24, 2.45) is 0 Å². The Bertz CT molecular complexity index is 690. The van der Waals surface area contributed by atoms with Gasteiger partial charge in [0.1, 0.15) is 0 Å². The summed E-state index contributed by atoms with van der Waals surface area (Å²) in [5.74, 6) is 0. The van der Waals surface area contributed by atoms with Gasteiger partial charge in [-0.3, -0.25) is 10.1 Å². The van der Waals surface area contributed by atoms with Crippen LogP contribution in [0, 0.1) is 13.8 Å². The van der Waals surface area contributed by atoms with Gasteiger partial charge in [0, 0.05) is 41.3 Å². The van der Waals surface area contributed by atoms with Crippen LogP contribution in [0.2, 0.25) is 0 Å². The lowest BCUT2D eigenvalue weighted by Crippen LogP contribution is -2.02. The standard InChI is InChI=1S/C15H16N4/c1-10-13(11(2)19-18-10)9-17-15-5-3-4-12-6-7-16-8-14(12)15/h3-8,17H,9H2,1-2H3,(H,18,19). The smallest absolute Gasteiger partial charge is 0.0643 e. The van der Waals surface area contributed by atoms with Crippen molar-refractivity contribution in [3.63, 3.8) is 0 Å². The molecule has 19 heavy (non-hydrogen) atoms. The molecule has 0 fully saturated rings. The number of benzene rings is 1. The normalized spacial score (nSPS) is 10.8. The minimum atomic E-state index is 0.766. The number of anilines is 1. The quantitative estimate of drug-likeness (QED) is 0.752. The highest BCUT2D eigenvalue weighted by molar-refractivity contribution is 5.93. The van der Waals surface area contributed by atoms with Gasteiger partial charge in [0.15, 0.2) is 0 Å². The van der Waals surface area contributed by atoms with E-state index in [4.69, 9.17) is 0 Å². The summed E-state index contributed by atoms with van der Waals surface area (Å²) < 4.78 is 0. The zero-order valence-corrected chi connectivity index (χ0v) is 11.1. The molecule has 0 unspecified atom stereocenters. The first-order valence-electron chi connectivity index (χ1n) is 6.33. The van der Waals surface area contributed by atoms with E-state index in [0.29, 0.717) is 0 Å². The summed E-state index contributed by atoms with van der Waals surface area (Å²) in [6, 6.07) is 8.25. The summed E-state index contributed by atoms with van der Waals surface area (Å²) >= 11 is 0. The number of fused-ring (bicyclic) bond motifs is 1. The highest BCUT2D eigenvalue weighted by Gasteiger charge is 2.06. The Kier molecular flexibility index (Phi) is 2.91. The third-order valence-corrected chi connectivity index (χ3v) is 3.42. The monoisotopic (exact) mass is 252 g/mol. The number of rotatable bonds is 3. The average molecular weight is 252 g/mol. The molecule has 0 aliphatic heterocycles. The van der Waals surface area contributed by atoms with Crippen molar-refractivity contribution in [3.05, 3.63) is 53.6 Å². The number of nitrogens with one attached hydrogen (secondary N) is 2. The van der Waals surface area contributed by atoms with E-state index in [-0.39, 0.29) is 0 Å². The Morgan fingerprint density at radius 1 is 1.21 bits per heavy atom.